The molecule has 3 rings (SSSR count). The normalized spacial score (nSPS) is 16.8. The Balaban J connectivity index is 1.80. The molecule has 1 atom stereocenters. The number of nitrogens with two attached hydrogens (primary N) is 1. The fraction of sp³-hybridized carbons (Fsp3) is 0.235. The number of benzene rings is 2. The van der Waals surface area contributed by atoms with E-state index in [1.165, 1.54) is 5.56 Å². The van der Waals surface area contributed by atoms with Crippen molar-refractivity contribution in [2.45, 2.75) is 12.6 Å². The van der Waals surface area contributed by atoms with Crippen molar-refractivity contribution in [1.29, 1.82) is 0 Å². The molecule has 1 aliphatic rings. The van der Waals surface area contributed by atoms with Gasteiger partial charge in [0.1, 0.15) is 12.6 Å². The van der Waals surface area contributed by atoms with Crippen molar-refractivity contribution in [3.63, 3.8) is 0 Å². The predicted octanol–water partition coefficient (Wildman–Crippen LogP) is 3.82. The minimum absolute atomic E-state index is 0.0472. The van der Waals surface area contributed by atoms with E-state index >= 15 is 0 Å². The minimum atomic E-state index is 0.0472. The molecule has 0 saturated carbocycles. The average molecular weight is 395 g/mol. The fourth-order valence-corrected chi connectivity index (χ4v) is 2.90. The van der Waals surface area contributed by atoms with Crippen LogP contribution >= 0.6 is 27.5 Å². The van der Waals surface area contributed by atoms with Crippen molar-refractivity contribution in [1.82, 2.24) is 0 Å². The van der Waals surface area contributed by atoms with E-state index in [-0.39, 0.29) is 12.1 Å². The summed E-state index contributed by atoms with van der Waals surface area (Å²) in [5.41, 5.74) is 7.93. The van der Waals surface area contributed by atoms with Gasteiger partial charge in [0.15, 0.2) is 0 Å². The van der Waals surface area contributed by atoms with Gasteiger partial charge >= 0.3 is 0 Å². The van der Waals surface area contributed by atoms with Crippen LogP contribution in [0.2, 0.25) is 5.02 Å². The molecule has 0 saturated heterocycles. The first-order valence-electron chi connectivity index (χ1n) is 7.31. The van der Waals surface area contributed by atoms with Gasteiger partial charge in [-0.3, -0.25) is 0 Å². The van der Waals surface area contributed by atoms with E-state index in [1.54, 1.807) is 0 Å². The highest BCUT2D eigenvalue weighted by molar-refractivity contribution is 9.10. The predicted molar refractivity (Wildman–Crippen MR) is 98.0 cm³/mol. The van der Waals surface area contributed by atoms with Gasteiger partial charge in [-0.1, -0.05) is 39.7 Å². The van der Waals surface area contributed by atoms with E-state index in [4.69, 9.17) is 22.1 Å². The monoisotopic (exact) mass is 393 g/mol. The van der Waals surface area contributed by atoms with Crippen LogP contribution in [0.5, 0.6) is 0 Å². The highest BCUT2D eigenvalue weighted by Gasteiger charge is 2.20. The molecule has 1 heterocycles. The largest absolute Gasteiger partial charge is 0.463 e. The first kappa shape index (κ1) is 16.1. The topological polar surface area (TPSA) is 50.8 Å². The molecule has 23 heavy (non-hydrogen) atoms. The molecule has 1 aliphatic heterocycles. The summed E-state index contributed by atoms with van der Waals surface area (Å²) >= 11 is 9.44. The Morgan fingerprint density at radius 3 is 2.48 bits per heavy atom. The van der Waals surface area contributed by atoms with Gasteiger partial charge < -0.3 is 15.4 Å². The average Bonchev–Trinajstić information content (AvgIpc) is 2.95. The summed E-state index contributed by atoms with van der Waals surface area (Å²) in [6.07, 6.45) is 0. The molecule has 0 aromatic heterocycles. The summed E-state index contributed by atoms with van der Waals surface area (Å²) in [5.74, 6) is 0. The van der Waals surface area contributed by atoms with Crippen molar-refractivity contribution in [3.05, 3.63) is 63.6 Å². The molecular weight excluding hydrogens is 378 g/mol. The number of ether oxygens (including phenoxy) is 1. The number of rotatable bonds is 5. The Hall–Kier alpha value is -1.72. The second-order valence-corrected chi connectivity index (χ2v) is 6.77. The molecule has 2 aromatic rings. The first-order chi connectivity index (χ1) is 11.1. The molecule has 0 aliphatic carbocycles. The molecule has 0 spiro atoms. The Kier molecular flexibility index (Phi) is 5.08. The molecule has 0 fully saturated rings. The summed E-state index contributed by atoms with van der Waals surface area (Å²) in [5, 5.41) is 0.741. The molecule has 0 amide bonds. The lowest BCUT2D eigenvalue weighted by Crippen LogP contribution is -2.32. The Labute approximate surface area is 149 Å². The van der Waals surface area contributed by atoms with Gasteiger partial charge in [0.05, 0.1) is 0 Å². The van der Waals surface area contributed by atoms with Crippen LogP contribution in [0, 0.1) is 0 Å². The van der Waals surface area contributed by atoms with E-state index in [0.29, 0.717) is 6.61 Å². The summed E-state index contributed by atoms with van der Waals surface area (Å²) in [4.78, 5) is 6.60. The summed E-state index contributed by atoms with van der Waals surface area (Å²) in [7, 11) is 0. The van der Waals surface area contributed by atoms with Crippen LogP contribution in [0.4, 0.5) is 5.69 Å². The second kappa shape index (κ2) is 7.23. The van der Waals surface area contributed by atoms with E-state index in [0.717, 1.165) is 28.3 Å². The van der Waals surface area contributed by atoms with Crippen LogP contribution in [0.15, 0.2) is 58.0 Å². The van der Waals surface area contributed by atoms with Crippen molar-refractivity contribution in [2.75, 3.05) is 18.1 Å². The standard InChI is InChI=1S/C17H17BrClN3O/c18-13-3-7-16(8-4-13)22(10-15-11-23-17(20)21-15)9-12-1-5-14(19)6-2-12/h1-8,15H,9-11H2,(H2,20,21)/t15-/m0/s1. The van der Waals surface area contributed by atoms with Crippen molar-refractivity contribution in [3.8, 4) is 0 Å². The zero-order chi connectivity index (χ0) is 16.2. The van der Waals surface area contributed by atoms with Crippen molar-refractivity contribution in [2.24, 2.45) is 10.7 Å². The number of halogens is 2. The van der Waals surface area contributed by atoms with E-state index in [1.807, 2.05) is 36.4 Å². The maximum Gasteiger partial charge on any atom is 0.282 e. The molecule has 2 N–H and O–H groups in total. The van der Waals surface area contributed by atoms with Gasteiger partial charge in [0.2, 0.25) is 0 Å². The molecule has 120 valence electrons. The van der Waals surface area contributed by atoms with Crippen LogP contribution in [0.1, 0.15) is 5.56 Å². The maximum atomic E-state index is 5.97. The molecule has 2 aromatic carbocycles. The van der Waals surface area contributed by atoms with Crippen LogP contribution in [0.25, 0.3) is 0 Å². The fourth-order valence-electron chi connectivity index (χ4n) is 2.51. The second-order valence-electron chi connectivity index (χ2n) is 5.42. The van der Waals surface area contributed by atoms with Gasteiger partial charge in [0.25, 0.3) is 6.02 Å². The first-order valence-corrected chi connectivity index (χ1v) is 8.48. The van der Waals surface area contributed by atoms with Gasteiger partial charge in [-0.15, -0.1) is 0 Å². The van der Waals surface area contributed by atoms with E-state index in [9.17, 15) is 0 Å². The maximum absolute atomic E-state index is 5.97. The summed E-state index contributed by atoms with van der Waals surface area (Å²) in [6.45, 7) is 2.04. The molecule has 6 heteroatoms. The van der Waals surface area contributed by atoms with Crippen LogP contribution in [-0.4, -0.2) is 25.2 Å². The quantitative estimate of drug-likeness (QED) is 0.838. The number of hydrogen-bond donors (Lipinski definition) is 1. The van der Waals surface area contributed by atoms with E-state index in [2.05, 4.69) is 38.0 Å². The lowest BCUT2D eigenvalue weighted by atomic mass is 10.1. The number of hydrogen-bond acceptors (Lipinski definition) is 4. The van der Waals surface area contributed by atoms with Crippen molar-refractivity contribution < 1.29 is 4.74 Å². The highest BCUT2D eigenvalue weighted by Crippen LogP contribution is 2.22. The SMILES string of the molecule is NC1=N[C@@H](CN(Cc2ccc(Cl)cc2)c2ccc(Br)cc2)CO1. The Morgan fingerprint density at radius 2 is 1.87 bits per heavy atom. The van der Waals surface area contributed by atoms with Gasteiger partial charge in [-0.25, -0.2) is 4.99 Å². The molecule has 0 unspecified atom stereocenters. The van der Waals surface area contributed by atoms with Gasteiger partial charge in [0, 0.05) is 28.3 Å². The van der Waals surface area contributed by atoms with E-state index < -0.39 is 0 Å². The zero-order valence-corrected chi connectivity index (χ0v) is 14.8. The molecule has 0 radical (unpaired) electrons. The third kappa shape index (κ3) is 4.39. The van der Waals surface area contributed by atoms with Crippen LogP contribution in [-0.2, 0) is 11.3 Å². The Morgan fingerprint density at radius 1 is 1.17 bits per heavy atom. The smallest absolute Gasteiger partial charge is 0.282 e. The molecular formula is C17H17BrClN3O. The molecule has 4 nitrogen and oxygen atoms in total. The van der Waals surface area contributed by atoms with Crippen LogP contribution < -0.4 is 10.6 Å². The number of amidine groups is 1. The van der Waals surface area contributed by atoms with Gasteiger partial charge in [-0.2, -0.15) is 0 Å². The third-order valence-electron chi connectivity index (χ3n) is 3.64. The minimum Gasteiger partial charge on any atom is -0.463 e. The zero-order valence-electron chi connectivity index (χ0n) is 12.5. The highest BCUT2D eigenvalue weighted by atomic mass is 79.9. The number of anilines is 1. The lowest BCUT2D eigenvalue weighted by molar-refractivity contribution is 0.313. The lowest BCUT2D eigenvalue weighted by Gasteiger charge is -2.26. The van der Waals surface area contributed by atoms with Crippen LogP contribution in [0.3, 0.4) is 0 Å². The van der Waals surface area contributed by atoms with Gasteiger partial charge in [-0.05, 0) is 42.0 Å². The summed E-state index contributed by atoms with van der Waals surface area (Å²) in [6, 6.07) is 16.5. The number of nitrogens with zero attached hydrogens (tertiary/aromatic N) is 2. The third-order valence-corrected chi connectivity index (χ3v) is 4.42. The number of aliphatic imine (C=N–C) groups is 1. The molecule has 0 bridgehead atoms. The Bertz CT molecular complexity index is 688. The summed E-state index contributed by atoms with van der Waals surface area (Å²) < 4.78 is 6.32. The van der Waals surface area contributed by atoms with Crippen molar-refractivity contribution >= 4 is 39.2 Å².